The van der Waals surface area contributed by atoms with Gasteiger partial charge in [-0.1, -0.05) is 23.7 Å². The number of piperazine rings is 1. The molecule has 3 rings (SSSR count). The Balaban J connectivity index is 1.57. The summed E-state index contributed by atoms with van der Waals surface area (Å²) in [6.07, 6.45) is 0. The maximum atomic E-state index is 13.1. The molecule has 2 aromatic carbocycles. The van der Waals surface area contributed by atoms with Crippen LogP contribution >= 0.6 is 11.6 Å². The minimum atomic E-state index is -0.243. The Morgan fingerprint density at radius 3 is 2.57 bits per heavy atom. The Kier molecular flexibility index (Phi) is 6.42. The van der Waals surface area contributed by atoms with E-state index in [1.54, 1.807) is 23.1 Å². The Morgan fingerprint density at radius 1 is 1.18 bits per heavy atom. The Bertz CT molecular complexity index is 831. The number of carbonyl (C=O) groups excluding carboxylic acids is 1. The van der Waals surface area contributed by atoms with Gasteiger partial charge in [0.1, 0.15) is 5.82 Å². The van der Waals surface area contributed by atoms with E-state index in [0.29, 0.717) is 18.1 Å². The number of rotatable bonds is 5. The van der Waals surface area contributed by atoms with Gasteiger partial charge >= 0.3 is 0 Å². The second-order valence-electron chi connectivity index (χ2n) is 7.20. The fourth-order valence-corrected chi connectivity index (χ4v) is 3.59. The number of hydrogen-bond donors (Lipinski definition) is 1. The molecule has 2 atom stereocenters. The monoisotopic (exact) mass is 406 g/mol. The summed E-state index contributed by atoms with van der Waals surface area (Å²) >= 11 is 5.80. The van der Waals surface area contributed by atoms with Crippen molar-refractivity contribution in [1.29, 1.82) is 0 Å². The van der Waals surface area contributed by atoms with Gasteiger partial charge in [-0.3, -0.25) is 9.69 Å². The molecule has 0 saturated carbocycles. The van der Waals surface area contributed by atoms with Gasteiger partial charge in [0.15, 0.2) is 18.1 Å². The number of amides is 1. The van der Waals surface area contributed by atoms with Crippen LogP contribution in [0.25, 0.3) is 0 Å². The summed E-state index contributed by atoms with van der Waals surface area (Å²) in [6.45, 7) is 5.93. The average Bonchev–Trinajstić information content (AvgIpc) is 2.65. The van der Waals surface area contributed by atoms with Crippen molar-refractivity contribution in [2.75, 3.05) is 19.7 Å². The van der Waals surface area contributed by atoms with Crippen LogP contribution in [0.1, 0.15) is 19.4 Å². The van der Waals surface area contributed by atoms with Crippen LogP contribution in [-0.2, 0) is 11.3 Å². The first-order valence-corrected chi connectivity index (χ1v) is 9.60. The van der Waals surface area contributed by atoms with Gasteiger partial charge < -0.3 is 14.7 Å². The zero-order chi connectivity index (χ0) is 20.3. The number of nitrogens with zero attached hydrogens (tertiary/aromatic N) is 2. The molecule has 150 valence electrons. The molecule has 1 saturated heterocycles. The summed E-state index contributed by atoms with van der Waals surface area (Å²) in [4.78, 5) is 16.7. The van der Waals surface area contributed by atoms with E-state index in [-0.39, 0.29) is 41.9 Å². The third kappa shape index (κ3) is 4.94. The molecule has 0 aromatic heterocycles. The Morgan fingerprint density at radius 2 is 1.89 bits per heavy atom. The van der Waals surface area contributed by atoms with Gasteiger partial charge in [0.25, 0.3) is 5.91 Å². The van der Waals surface area contributed by atoms with Crippen molar-refractivity contribution >= 4 is 17.5 Å². The predicted octanol–water partition coefficient (Wildman–Crippen LogP) is 3.68. The molecule has 0 aliphatic carbocycles. The number of phenolic OH excluding ortho intramolecular Hbond substituents is 1. The van der Waals surface area contributed by atoms with Crippen molar-refractivity contribution < 1.29 is 19.0 Å². The summed E-state index contributed by atoms with van der Waals surface area (Å²) in [7, 11) is 0. The van der Waals surface area contributed by atoms with Crippen LogP contribution in [0.15, 0.2) is 42.5 Å². The summed E-state index contributed by atoms with van der Waals surface area (Å²) in [5, 5.41) is 10.2. The van der Waals surface area contributed by atoms with E-state index in [4.69, 9.17) is 16.3 Å². The zero-order valence-corrected chi connectivity index (χ0v) is 16.7. The third-order valence-electron chi connectivity index (χ3n) is 5.01. The quantitative estimate of drug-likeness (QED) is 0.822. The lowest BCUT2D eigenvalue weighted by molar-refractivity contribution is -0.139. The van der Waals surface area contributed by atoms with Crippen molar-refractivity contribution in [1.82, 2.24) is 9.80 Å². The van der Waals surface area contributed by atoms with Crippen LogP contribution in [0.5, 0.6) is 11.5 Å². The SMILES string of the molecule is C[C@@H]1CN(C(=O)COc2ccc(Cl)cc2O)[C@@H](C)CN1Cc1ccc(F)cc1. The van der Waals surface area contributed by atoms with Gasteiger partial charge in [-0.25, -0.2) is 4.39 Å². The molecule has 1 fully saturated rings. The van der Waals surface area contributed by atoms with Gasteiger partial charge in [0, 0.05) is 42.8 Å². The molecule has 7 heteroatoms. The van der Waals surface area contributed by atoms with Gasteiger partial charge in [0.05, 0.1) is 0 Å². The lowest BCUT2D eigenvalue weighted by atomic mass is 10.1. The maximum Gasteiger partial charge on any atom is 0.260 e. The molecule has 1 aliphatic heterocycles. The summed E-state index contributed by atoms with van der Waals surface area (Å²) in [5.74, 6) is -0.235. The molecule has 0 spiro atoms. The van der Waals surface area contributed by atoms with Crippen LogP contribution in [0.2, 0.25) is 5.02 Å². The van der Waals surface area contributed by atoms with Crippen LogP contribution in [-0.4, -0.2) is 52.6 Å². The highest BCUT2D eigenvalue weighted by Crippen LogP contribution is 2.29. The maximum absolute atomic E-state index is 13.1. The first-order valence-electron chi connectivity index (χ1n) is 9.22. The highest BCUT2D eigenvalue weighted by atomic mass is 35.5. The lowest BCUT2D eigenvalue weighted by Gasteiger charge is -2.44. The van der Waals surface area contributed by atoms with E-state index in [1.165, 1.54) is 24.3 Å². The smallest absolute Gasteiger partial charge is 0.260 e. The summed E-state index contributed by atoms with van der Waals surface area (Å²) in [6, 6.07) is 11.2. The lowest BCUT2D eigenvalue weighted by Crippen LogP contribution is -2.58. The van der Waals surface area contributed by atoms with Crippen molar-refractivity contribution in [2.24, 2.45) is 0 Å². The molecule has 1 aliphatic rings. The van der Waals surface area contributed by atoms with Gasteiger partial charge in [-0.2, -0.15) is 0 Å². The number of benzene rings is 2. The zero-order valence-electron chi connectivity index (χ0n) is 15.9. The van der Waals surface area contributed by atoms with E-state index in [1.807, 2.05) is 6.92 Å². The molecule has 2 aromatic rings. The van der Waals surface area contributed by atoms with E-state index < -0.39 is 0 Å². The molecule has 1 N–H and O–H groups in total. The van der Waals surface area contributed by atoms with Gasteiger partial charge in [-0.15, -0.1) is 0 Å². The number of ether oxygens (including phenoxy) is 1. The van der Waals surface area contributed by atoms with E-state index >= 15 is 0 Å². The molecular formula is C21H24ClFN2O3. The number of phenols is 1. The minimum Gasteiger partial charge on any atom is -0.504 e. The topological polar surface area (TPSA) is 53.0 Å². The average molecular weight is 407 g/mol. The van der Waals surface area contributed by atoms with Crippen molar-refractivity contribution in [3.63, 3.8) is 0 Å². The number of hydrogen-bond acceptors (Lipinski definition) is 4. The number of halogens is 2. The van der Waals surface area contributed by atoms with Crippen LogP contribution in [0.4, 0.5) is 4.39 Å². The minimum absolute atomic E-state index is 0.0200. The highest BCUT2D eigenvalue weighted by Gasteiger charge is 2.32. The highest BCUT2D eigenvalue weighted by molar-refractivity contribution is 6.30. The van der Waals surface area contributed by atoms with Crippen LogP contribution in [0.3, 0.4) is 0 Å². The number of aromatic hydroxyl groups is 1. The molecule has 28 heavy (non-hydrogen) atoms. The normalized spacial score (nSPS) is 20.2. The molecule has 1 heterocycles. The predicted molar refractivity (Wildman–Crippen MR) is 106 cm³/mol. The Hall–Kier alpha value is -2.31. The van der Waals surface area contributed by atoms with Gasteiger partial charge in [0.2, 0.25) is 0 Å². The fourth-order valence-electron chi connectivity index (χ4n) is 3.43. The standard InChI is InChI=1S/C21H24ClFN2O3/c1-14-11-25(21(27)13-28-20-8-5-17(22)9-19(20)26)15(2)10-24(14)12-16-3-6-18(23)7-4-16/h3-9,14-15,26H,10-13H2,1-2H3/t14-,15+/m1/s1. The molecule has 1 amide bonds. The fraction of sp³-hybridized carbons (Fsp3) is 0.381. The third-order valence-corrected chi connectivity index (χ3v) is 5.24. The first-order chi connectivity index (χ1) is 13.3. The van der Waals surface area contributed by atoms with Crippen LogP contribution < -0.4 is 4.74 Å². The molecule has 0 radical (unpaired) electrons. The molecule has 5 nitrogen and oxygen atoms in total. The number of carbonyl (C=O) groups is 1. The second kappa shape index (κ2) is 8.80. The van der Waals surface area contributed by atoms with E-state index in [2.05, 4.69) is 11.8 Å². The largest absolute Gasteiger partial charge is 0.504 e. The van der Waals surface area contributed by atoms with Crippen LogP contribution in [0, 0.1) is 5.82 Å². The molecular weight excluding hydrogens is 383 g/mol. The van der Waals surface area contributed by atoms with Crippen molar-refractivity contribution in [2.45, 2.75) is 32.5 Å². The molecule has 0 bridgehead atoms. The first kappa shape index (κ1) is 20.4. The summed E-state index contributed by atoms with van der Waals surface area (Å²) in [5.41, 5.74) is 1.04. The second-order valence-corrected chi connectivity index (χ2v) is 7.64. The molecule has 0 unspecified atom stereocenters. The van der Waals surface area contributed by atoms with E-state index in [9.17, 15) is 14.3 Å². The van der Waals surface area contributed by atoms with Crippen molar-refractivity contribution in [3.05, 3.63) is 58.9 Å². The Labute approximate surface area is 169 Å². The van der Waals surface area contributed by atoms with Crippen molar-refractivity contribution in [3.8, 4) is 11.5 Å². The summed E-state index contributed by atoms with van der Waals surface area (Å²) < 4.78 is 18.6. The van der Waals surface area contributed by atoms with E-state index in [0.717, 1.165) is 12.1 Å². The van der Waals surface area contributed by atoms with Gasteiger partial charge in [-0.05, 0) is 43.7 Å².